The minimum Gasteiger partial charge on any atom is -0.379 e. The van der Waals surface area contributed by atoms with Crippen molar-refractivity contribution in [2.24, 2.45) is 17.6 Å². The van der Waals surface area contributed by atoms with Crippen LogP contribution in [-0.2, 0) is 13.1 Å². The lowest BCUT2D eigenvalue weighted by Crippen LogP contribution is -2.52. The Labute approximate surface area is 228 Å². The van der Waals surface area contributed by atoms with Gasteiger partial charge in [-0.2, -0.15) is 4.98 Å². The van der Waals surface area contributed by atoms with Crippen LogP contribution in [0, 0.1) is 11.8 Å². The predicted octanol–water partition coefficient (Wildman–Crippen LogP) is 1.96. The number of aromatic nitrogens is 4. The van der Waals surface area contributed by atoms with Crippen molar-refractivity contribution in [1.29, 1.82) is 0 Å². The van der Waals surface area contributed by atoms with E-state index in [4.69, 9.17) is 17.3 Å². The van der Waals surface area contributed by atoms with Crippen molar-refractivity contribution >= 4 is 40.1 Å². The molecule has 11 nitrogen and oxygen atoms in total. The summed E-state index contributed by atoms with van der Waals surface area (Å²) in [6.07, 6.45) is 0.734. The van der Waals surface area contributed by atoms with Crippen LogP contribution in [0.4, 0.5) is 26.2 Å². The van der Waals surface area contributed by atoms with Gasteiger partial charge >= 0.3 is 11.1 Å². The SMILES string of the molecule is CNC(O)CCn1c(=O)c(=O)n(CCN)c2ccc(Nc3nc(N4C[C@@H](C)C(F)(F)[C@@H](C)C4)ncc3Cl)cc21. The number of nitrogens with one attached hydrogen (secondary N) is 2. The van der Waals surface area contributed by atoms with Crippen LogP contribution >= 0.6 is 11.6 Å². The van der Waals surface area contributed by atoms with Crippen molar-refractivity contribution in [3.8, 4) is 0 Å². The molecule has 1 unspecified atom stereocenters. The van der Waals surface area contributed by atoms with Gasteiger partial charge < -0.3 is 30.2 Å². The van der Waals surface area contributed by atoms with E-state index in [9.17, 15) is 23.5 Å². The van der Waals surface area contributed by atoms with Gasteiger partial charge in [0.25, 0.3) is 5.92 Å². The van der Waals surface area contributed by atoms with Crippen molar-refractivity contribution in [3.63, 3.8) is 0 Å². The molecule has 1 saturated heterocycles. The van der Waals surface area contributed by atoms with E-state index in [1.807, 2.05) is 0 Å². The number of fused-ring (bicyclic) bond motifs is 1. The van der Waals surface area contributed by atoms with Crippen LogP contribution in [0.15, 0.2) is 34.0 Å². The van der Waals surface area contributed by atoms with Gasteiger partial charge in [0.1, 0.15) is 11.3 Å². The van der Waals surface area contributed by atoms with Crippen molar-refractivity contribution < 1.29 is 13.9 Å². The van der Waals surface area contributed by atoms with Crippen molar-refractivity contribution in [3.05, 3.63) is 50.1 Å². The van der Waals surface area contributed by atoms with E-state index in [-0.39, 0.29) is 55.9 Å². The van der Waals surface area contributed by atoms with Crippen molar-refractivity contribution in [1.82, 2.24) is 24.4 Å². The summed E-state index contributed by atoms with van der Waals surface area (Å²) in [5.74, 6) is -4.00. The van der Waals surface area contributed by atoms with Gasteiger partial charge in [-0.15, -0.1) is 0 Å². The quantitative estimate of drug-likeness (QED) is 0.226. The molecule has 3 aromatic rings. The molecule has 1 fully saturated rings. The molecule has 4 rings (SSSR count). The lowest BCUT2D eigenvalue weighted by molar-refractivity contribution is -0.105. The Morgan fingerprint density at radius 2 is 1.79 bits per heavy atom. The third-order valence-electron chi connectivity index (χ3n) is 7.12. The monoisotopic (exact) mass is 566 g/mol. The number of nitrogens with zero attached hydrogens (tertiary/aromatic N) is 5. The number of hydrogen-bond acceptors (Lipinski definition) is 9. The number of hydrogen-bond donors (Lipinski definition) is 4. The average molecular weight is 567 g/mol. The summed E-state index contributed by atoms with van der Waals surface area (Å²) in [4.78, 5) is 36.3. The van der Waals surface area contributed by atoms with Crippen LogP contribution in [0.25, 0.3) is 11.0 Å². The van der Waals surface area contributed by atoms with Crippen LogP contribution in [-0.4, -0.2) is 63.0 Å². The average Bonchev–Trinajstić information content (AvgIpc) is 2.90. The lowest BCUT2D eigenvalue weighted by atomic mass is 9.87. The van der Waals surface area contributed by atoms with Crippen LogP contribution in [0.2, 0.25) is 5.02 Å². The van der Waals surface area contributed by atoms with Crippen LogP contribution in [0.5, 0.6) is 0 Å². The maximum absolute atomic E-state index is 14.4. The largest absolute Gasteiger partial charge is 0.379 e. The van der Waals surface area contributed by atoms with Gasteiger partial charge in [0.15, 0.2) is 5.82 Å². The first-order valence-corrected chi connectivity index (χ1v) is 13.1. The Kier molecular flexibility index (Phi) is 8.54. The zero-order valence-electron chi connectivity index (χ0n) is 22.0. The highest BCUT2D eigenvalue weighted by molar-refractivity contribution is 6.32. The summed E-state index contributed by atoms with van der Waals surface area (Å²) in [5.41, 5.74) is 5.72. The summed E-state index contributed by atoms with van der Waals surface area (Å²) in [6, 6.07) is 5.07. The van der Waals surface area contributed by atoms with Gasteiger partial charge in [-0.1, -0.05) is 25.4 Å². The second kappa shape index (κ2) is 11.5. The second-order valence-electron chi connectivity index (χ2n) is 9.87. The molecule has 0 saturated carbocycles. The van der Waals surface area contributed by atoms with Crippen LogP contribution in [0.3, 0.4) is 0 Å². The van der Waals surface area contributed by atoms with Gasteiger partial charge in [0.2, 0.25) is 5.95 Å². The topological polar surface area (TPSA) is 143 Å². The minimum absolute atomic E-state index is 0.0911. The smallest absolute Gasteiger partial charge is 0.316 e. The number of aliphatic hydroxyl groups excluding tert-OH is 1. The molecule has 0 amide bonds. The molecule has 0 aliphatic carbocycles. The molecule has 212 valence electrons. The molecule has 1 aliphatic heterocycles. The standard InChI is InChI=1S/C25H33ClF2N8O3/c1-14-12-34(13-15(2)25(14,27)28)24-31-11-17(26)21(33-24)32-16-4-5-18-19(10-16)35(8-6-20(37)30-3)22(38)23(39)36(18)9-7-29/h4-5,10-11,14-15,20,30,37H,6-9,12-13,29H2,1-3H3,(H,31,32,33)/t14-,15+,20?. The first kappa shape index (κ1) is 28.9. The minimum atomic E-state index is -2.78. The maximum Gasteiger partial charge on any atom is 0.316 e. The van der Waals surface area contributed by atoms with Gasteiger partial charge in [-0.25, -0.2) is 13.8 Å². The number of nitrogens with two attached hydrogens (primary N) is 1. The molecule has 0 radical (unpaired) electrons. The van der Waals surface area contributed by atoms with Gasteiger partial charge in [-0.3, -0.25) is 14.9 Å². The van der Waals surface area contributed by atoms with E-state index in [1.165, 1.54) is 29.2 Å². The van der Waals surface area contributed by atoms with Crippen molar-refractivity contribution in [2.75, 3.05) is 36.9 Å². The number of halogens is 3. The van der Waals surface area contributed by atoms with E-state index in [0.29, 0.717) is 16.7 Å². The third-order valence-corrected chi connectivity index (χ3v) is 7.40. The number of benzene rings is 1. The summed E-state index contributed by atoms with van der Waals surface area (Å²) >= 11 is 6.37. The Bertz CT molecular complexity index is 1450. The second-order valence-corrected chi connectivity index (χ2v) is 10.3. The predicted molar refractivity (Wildman–Crippen MR) is 147 cm³/mol. The number of rotatable bonds is 9. The molecular formula is C25H33ClF2N8O3. The normalized spacial score (nSPS) is 19.8. The fourth-order valence-corrected chi connectivity index (χ4v) is 4.97. The zero-order chi connectivity index (χ0) is 28.5. The summed E-state index contributed by atoms with van der Waals surface area (Å²) in [5, 5.41) is 16.0. The van der Waals surface area contributed by atoms with E-state index in [1.54, 1.807) is 30.1 Å². The zero-order valence-corrected chi connectivity index (χ0v) is 22.8. The molecule has 1 aliphatic rings. The molecule has 5 N–H and O–H groups in total. The molecule has 0 bridgehead atoms. The van der Waals surface area contributed by atoms with E-state index < -0.39 is 35.1 Å². The van der Waals surface area contributed by atoms with Gasteiger partial charge in [0, 0.05) is 56.7 Å². The molecule has 39 heavy (non-hydrogen) atoms. The van der Waals surface area contributed by atoms with E-state index in [2.05, 4.69) is 20.6 Å². The number of aryl methyl sites for hydroxylation is 1. The van der Waals surface area contributed by atoms with Gasteiger partial charge in [0.05, 0.1) is 17.2 Å². The first-order chi connectivity index (χ1) is 18.5. The number of aliphatic hydroxyl groups is 1. The van der Waals surface area contributed by atoms with Gasteiger partial charge in [-0.05, 0) is 25.2 Å². The molecule has 2 aromatic heterocycles. The fourth-order valence-electron chi connectivity index (χ4n) is 4.83. The highest BCUT2D eigenvalue weighted by Crippen LogP contribution is 2.39. The number of alkyl halides is 2. The Hall–Kier alpha value is -3.13. The highest BCUT2D eigenvalue weighted by Gasteiger charge is 2.47. The number of anilines is 3. The molecule has 3 heterocycles. The van der Waals surface area contributed by atoms with Crippen LogP contribution < -0.4 is 32.4 Å². The Morgan fingerprint density at radius 1 is 1.15 bits per heavy atom. The number of piperidine rings is 1. The van der Waals surface area contributed by atoms with E-state index >= 15 is 0 Å². The van der Waals surface area contributed by atoms with Crippen LogP contribution in [0.1, 0.15) is 20.3 Å². The summed E-state index contributed by atoms with van der Waals surface area (Å²) in [6.45, 7) is 3.61. The Morgan fingerprint density at radius 3 is 2.41 bits per heavy atom. The molecule has 3 atom stereocenters. The first-order valence-electron chi connectivity index (χ1n) is 12.7. The lowest BCUT2D eigenvalue weighted by Gasteiger charge is -2.41. The molecule has 0 spiro atoms. The molecule has 14 heteroatoms. The summed E-state index contributed by atoms with van der Waals surface area (Å²) < 4.78 is 31.4. The molecular weight excluding hydrogens is 534 g/mol. The highest BCUT2D eigenvalue weighted by atomic mass is 35.5. The molecule has 1 aromatic carbocycles. The van der Waals surface area contributed by atoms with E-state index in [0.717, 1.165) is 0 Å². The summed E-state index contributed by atoms with van der Waals surface area (Å²) in [7, 11) is 1.59. The van der Waals surface area contributed by atoms with Crippen molar-refractivity contribution in [2.45, 2.75) is 45.5 Å². The fraction of sp³-hybridized carbons (Fsp3) is 0.520. The third kappa shape index (κ3) is 5.76. The maximum atomic E-state index is 14.4. The Balaban J connectivity index is 1.72.